The highest BCUT2D eigenvalue weighted by molar-refractivity contribution is 8.26. The van der Waals surface area contributed by atoms with Gasteiger partial charge in [-0.2, -0.15) is 0 Å². The summed E-state index contributed by atoms with van der Waals surface area (Å²) in [6.07, 6.45) is 0. The van der Waals surface area contributed by atoms with Crippen LogP contribution in [0.25, 0.3) is 5.57 Å². The van der Waals surface area contributed by atoms with Crippen molar-refractivity contribution in [3.8, 4) is 0 Å². The Morgan fingerprint density at radius 1 is 1.03 bits per heavy atom. The molecule has 0 saturated carbocycles. The van der Waals surface area contributed by atoms with Crippen LogP contribution in [0.15, 0.2) is 53.4 Å². The van der Waals surface area contributed by atoms with Crippen molar-refractivity contribution in [3.63, 3.8) is 0 Å². The summed E-state index contributed by atoms with van der Waals surface area (Å²) in [4.78, 5) is 41.5. The van der Waals surface area contributed by atoms with E-state index in [0.29, 0.717) is 17.7 Å². The van der Waals surface area contributed by atoms with Crippen LogP contribution in [0.3, 0.4) is 0 Å². The molecule has 0 atom stereocenters. The standard InChI is InChI=1S/C23H20N2O4S2/c1-3-29-18(26)13-25-22(28)20(31-23(25)30)19-16-6-4-5-7-17(16)24(21(19)27)12-15-10-8-14(2)9-11-15/h4-11H,3,12-13H2,1-2H3/b20-19-. The SMILES string of the molecule is CCOC(=O)CN1C(=O)/C(=C2/C(=O)N(Cc3ccc(C)cc3)c3ccccc32)SC1=S. The molecule has 2 aliphatic heterocycles. The lowest BCUT2D eigenvalue weighted by Gasteiger charge is -2.17. The van der Waals surface area contributed by atoms with Crippen molar-refractivity contribution in [2.24, 2.45) is 0 Å². The molecule has 2 heterocycles. The molecule has 6 nitrogen and oxygen atoms in total. The van der Waals surface area contributed by atoms with Crippen LogP contribution in [0.5, 0.6) is 0 Å². The molecule has 2 aliphatic rings. The van der Waals surface area contributed by atoms with Gasteiger partial charge in [-0.15, -0.1) is 0 Å². The molecular formula is C23H20N2O4S2. The monoisotopic (exact) mass is 452 g/mol. The van der Waals surface area contributed by atoms with Crippen molar-refractivity contribution in [2.75, 3.05) is 18.1 Å². The van der Waals surface area contributed by atoms with Gasteiger partial charge in [0, 0.05) is 5.56 Å². The third-order valence-electron chi connectivity index (χ3n) is 5.05. The molecule has 158 valence electrons. The van der Waals surface area contributed by atoms with E-state index >= 15 is 0 Å². The summed E-state index contributed by atoms with van der Waals surface area (Å²) in [6.45, 7) is 4.05. The zero-order valence-corrected chi connectivity index (χ0v) is 18.7. The summed E-state index contributed by atoms with van der Waals surface area (Å²) >= 11 is 6.37. The van der Waals surface area contributed by atoms with E-state index in [1.165, 1.54) is 4.90 Å². The molecule has 0 spiro atoms. The number of para-hydroxylation sites is 1. The van der Waals surface area contributed by atoms with Crippen LogP contribution >= 0.6 is 24.0 Å². The minimum absolute atomic E-state index is 0.217. The minimum Gasteiger partial charge on any atom is -0.465 e. The predicted octanol–water partition coefficient (Wildman–Crippen LogP) is 3.68. The average molecular weight is 453 g/mol. The first-order valence-electron chi connectivity index (χ1n) is 9.81. The highest BCUT2D eigenvalue weighted by atomic mass is 32.2. The number of hydrogen-bond donors (Lipinski definition) is 0. The summed E-state index contributed by atoms with van der Waals surface area (Å²) in [6, 6.07) is 15.4. The van der Waals surface area contributed by atoms with E-state index in [4.69, 9.17) is 17.0 Å². The van der Waals surface area contributed by atoms with E-state index in [1.54, 1.807) is 11.8 Å². The number of hydrogen-bond acceptors (Lipinski definition) is 6. The molecule has 8 heteroatoms. The lowest BCUT2D eigenvalue weighted by atomic mass is 10.1. The lowest BCUT2D eigenvalue weighted by Crippen LogP contribution is -2.34. The molecule has 0 aliphatic carbocycles. The van der Waals surface area contributed by atoms with Crippen LogP contribution < -0.4 is 4.90 Å². The molecule has 0 bridgehead atoms. The molecule has 0 radical (unpaired) electrons. The van der Waals surface area contributed by atoms with Crippen LogP contribution in [0.2, 0.25) is 0 Å². The van der Waals surface area contributed by atoms with Crippen LogP contribution in [-0.2, 0) is 25.7 Å². The number of thioether (sulfide) groups is 1. The van der Waals surface area contributed by atoms with Crippen LogP contribution in [0.1, 0.15) is 23.6 Å². The van der Waals surface area contributed by atoms with E-state index in [-0.39, 0.29) is 28.3 Å². The number of benzene rings is 2. The fourth-order valence-corrected chi connectivity index (χ4v) is 4.88. The Kier molecular flexibility index (Phi) is 5.93. The normalized spacial score (nSPS) is 18.1. The van der Waals surface area contributed by atoms with Crippen molar-refractivity contribution in [2.45, 2.75) is 20.4 Å². The van der Waals surface area contributed by atoms with Gasteiger partial charge in [-0.05, 0) is 25.5 Å². The topological polar surface area (TPSA) is 66.9 Å². The number of rotatable bonds is 5. The number of anilines is 1. The number of aryl methyl sites for hydroxylation is 1. The average Bonchev–Trinajstić information content (AvgIpc) is 3.17. The number of amides is 2. The first-order valence-corrected chi connectivity index (χ1v) is 11.0. The van der Waals surface area contributed by atoms with Gasteiger partial charge in [-0.25, -0.2) is 0 Å². The first kappa shape index (κ1) is 21.3. The number of carbonyl (C=O) groups is 3. The third-order valence-corrected chi connectivity index (χ3v) is 6.50. The van der Waals surface area contributed by atoms with E-state index in [9.17, 15) is 14.4 Å². The summed E-state index contributed by atoms with van der Waals surface area (Å²) in [7, 11) is 0. The number of esters is 1. The number of carbonyl (C=O) groups excluding carboxylic acids is 3. The second kappa shape index (κ2) is 8.64. The van der Waals surface area contributed by atoms with Crippen LogP contribution in [-0.4, -0.2) is 40.2 Å². The van der Waals surface area contributed by atoms with E-state index in [1.807, 2.05) is 55.5 Å². The Morgan fingerprint density at radius 2 is 1.74 bits per heavy atom. The van der Waals surface area contributed by atoms with E-state index in [0.717, 1.165) is 28.6 Å². The smallest absolute Gasteiger partial charge is 0.326 e. The van der Waals surface area contributed by atoms with Gasteiger partial charge in [0.25, 0.3) is 11.8 Å². The van der Waals surface area contributed by atoms with Gasteiger partial charge in [0.1, 0.15) is 10.9 Å². The van der Waals surface area contributed by atoms with Crippen molar-refractivity contribution >= 4 is 57.3 Å². The van der Waals surface area contributed by atoms with E-state index < -0.39 is 11.9 Å². The minimum atomic E-state index is -0.538. The van der Waals surface area contributed by atoms with Gasteiger partial charge in [-0.3, -0.25) is 19.3 Å². The maximum absolute atomic E-state index is 13.5. The molecular weight excluding hydrogens is 432 g/mol. The molecule has 2 amide bonds. The fourth-order valence-electron chi connectivity index (χ4n) is 3.55. The molecule has 1 saturated heterocycles. The molecule has 2 aromatic rings. The zero-order valence-electron chi connectivity index (χ0n) is 17.1. The highest BCUT2D eigenvalue weighted by Crippen LogP contribution is 2.44. The Bertz CT molecular complexity index is 1120. The number of fused-ring (bicyclic) bond motifs is 1. The number of nitrogens with zero attached hydrogens (tertiary/aromatic N) is 2. The van der Waals surface area contributed by atoms with Crippen molar-refractivity contribution in [1.29, 1.82) is 0 Å². The van der Waals surface area contributed by atoms with Crippen LogP contribution in [0, 0.1) is 6.92 Å². The zero-order chi connectivity index (χ0) is 22.1. The van der Waals surface area contributed by atoms with Gasteiger partial charge in [0.05, 0.1) is 29.3 Å². The molecule has 0 aromatic heterocycles. The molecule has 0 unspecified atom stereocenters. The highest BCUT2D eigenvalue weighted by Gasteiger charge is 2.42. The fraction of sp³-hybridized carbons (Fsp3) is 0.217. The Balaban J connectivity index is 1.70. The summed E-state index contributed by atoms with van der Waals surface area (Å²) in [5.74, 6) is -1.24. The van der Waals surface area contributed by atoms with Gasteiger partial charge in [-0.1, -0.05) is 72.0 Å². The molecule has 0 N–H and O–H groups in total. The van der Waals surface area contributed by atoms with E-state index in [2.05, 4.69) is 0 Å². The molecule has 1 fully saturated rings. The number of thiocarbonyl (C=S) groups is 1. The molecule has 2 aromatic carbocycles. The third kappa shape index (κ3) is 4.00. The van der Waals surface area contributed by atoms with Crippen molar-refractivity contribution < 1.29 is 19.1 Å². The van der Waals surface area contributed by atoms with Gasteiger partial charge in [0.2, 0.25) is 0 Å². The predicted molar refractivity (Wildman–Crippen MR) is 124 cm³/mol. The van der Waals surface area contributed by atoms with Gasteiger partial charge >= 0.3 is 5.97 Å². The van der Waals surface area contributed by atoms with Gasteiger partial charge in [0.15, 0.2) is 0 Å². The van der Waals surface area contributed by atoms with Gasteiger partial charge < -0.3 is 9.64 Å². The maximum Gasteiger partial charge on any atom is 0.326 e. The maximum atomic E-state index is 13.5. The second-order valence-electron chi connectivity index (χ2n) is 7.16. The lowest BCUT2D eigenvalue weighted by molar-refractivity contribution is -0.145. The largest absolute Gasteiger partial charge is 0.465 e. The Hall–Kier alpha value is -2.97. The Labute approximate surface area is 189 Å². The number of ether oxygens (including phenoxy) is 1. The van der Waals surface area contributed by atoms with Crippen molar-refractivity contribution in [1.82, 2.24) is 4.90 Å². The summed E-state index contributed by atoms with van der Waals surface area (Å²) in [5, 5.41) is 0. The Morgan fingerprint density at radius 3 is 2.45 bits per heavy atom. The second-order valence-corrected chi connectivity index (χ2v) is 8.81. The quantitative estimate of drug-likeness (QED) is 0.392. The summed E-state index contributed by atoms with van der Waals surface area (Å²) in [5.41, 5.74) is 3.90. The van der Waals surface area contributed by atoms with Crippen molar-refractivity contribution in [3.05, 3.63) is 70.1 Å². The first-order chi connectivity index (χ1) is 14.9. The van der Waals surface area contributed by atoms with Crippen LogP contribution in [0.4, 0.5) is 5.69 Å². The molecule has 4 rings (SSSR count). The summed E-state index contributed by atoms with van der Waals surface area (Å²) < 4.78 is 5.18. The molecule has 31 heavy (non-hydrogen) atoms.